The maximum atomic E-state index is 10.0. The Morgan fingerprint density at radius 1 is 1.21 bits per heavy atom. The van der Waals surface area contributed by atoms with Gasteiger partial charge in [0.25, 0.3) is 0 Å². The first kappa shape index (κ1) is 13.1. The van der Waals surface area contributed by atoms with Gasteiger partial charge in [-0.15, -0.1) is 0 Å². The highest BCUT2D eigenvalue weighted by Crippen LogP contribution is 1.94. The fourth-order valence-corrected chi connectivity index (χ4v) is 0.655. The highest BCUT2D eigenvalue weighted by atomic mass is 16.7. The second-order valence-corrected chi connectivity index (χ2v) is 2.56. The number of hydrogen-bond acceptors (Lipinski definition) is 6. The molecular formula is C7H14O7. The molecule has 84 valence electrons. The number of rotatable bonds is 7. The third-order valence-corrected chi connectivity index (χ3v) is 1.30. The summed E-state index contributed by atoms with van der Waals surface area (Å²) in [6.45, 7) is -1.25. The highest BCUT2D eigenvalue weighted by Gasteiger charge is 2.13. The van der Waals surface area contributed by atoms with Crippen molar-refractivity contribution >= 4 is 6.16 Å². The molecular weight excluding hydrogens is 196 g/mol. The van der Waals surface area contributed by atoms with Crippen LogP contribution < -0.4 is 0 Å². The fourth-order valence-electron chi connectivity index (χ4n) is 0.655. The minimum absolute atomic E-state index is 0.143. The summed E-state index contributed by atoms with van der Waals surface area (Å²) < 4.78 is 8.99. The van der Waals surface area contributed by atoms with Crippen molar-refractivity contribution in [1.82, 2.24) is 0 Å². The van der Waals surface area contributed by atoms with Crippen LogP contribution in [0.25, 0.3) is 0 Å². The average molecular weight is 210 g/mol. The summed E-state index contributed by atoms with van der Waals surface area (Å²) in [6.07, 6.45) is -3.49. The van der Waals surface area contributed by atoms with Gasteiger partial charge in [0.2, 0.25) is 0 Å². The van der Waals surface area contributed by atoms with E-state index in [2.05, 4.69) is 4.74 Å². The lowest BCUT2D eigenvalue weighted by Gasteiger charge is -2.14. The van der Waals surface area contributed by atoms with Gasteiger partial charge in [-0.2, -0.15) is 0 Å². The summed E-state index contributed by atoms with van der Waals surface area (Å²) in [6, 6.07) is 0. The van der Waals surface area contributed by atoms with Gasteiger partial charge in [0, 0.05) is 0 Å². The summed E-state index contributed by atoms with van der Waals surface area (Å²) in [5.41, 5.74) is 0. The molecule has 0 rings (SSSR count). The van der Waals surface area contributed by atoms with Crippen LogP contribution in [0.5, 0.6) is 0 Å². The van der Waals surface area contributed by atoms with Crippen molar-refractivity contribution in [2.75, 3.05) is 26.4 Å². The van der Waals surface area contributed by atoms with Gasteiger partial charge in [0.15, 0.2) is 6.10 Å². The molecule has 0 heterocycles. The van der Waals surface area contributed by atoms with E-state index in [9.17, 15) is 4.79 Å². The van der Waals surface area contributed by atoms with Crippen LogP contribution in [0.4, 0.5) is 4.79 Å². The molecule has 0 spiro atoms. The lowest BCUT2D eigenvalue weighted by atomic mass is 10.4. The molecule has 7 heteroatoms. The lowest BCUT2D eigenvalue weighted by molar-refractivity contribution is -0.0506. The Kier molecular flexibility index (Phi) is 7.03. The van der Waals surface area contributed by atoms with E-state index in [0.29, 0.717) is 0 Å². The average Bonchev–Trinajstić information content (AvgIpc) is 2.15. The van der Waals surface area contributed by atoms with E-state index in [1.54, 1.807) is 0 Å². The first-order valence-corrected chi connectivity index (χ1v) is 3.97. The largest absolute Gasteiger partial charge is 0.506 e. The molecule has 0 aromatic heterocycles. The number of ether oxygens (including phenoxy) is 2. The van der Waals surface area contributed by atoms with Crippen molar-refractivity contribution in [3.8, 4) is 0 Å². The van der Waals surface area contributed by atoms with E-state index < -0.39 is 31.6 Å². The molecule has 0 bridgehead atoms. The van der Waals surface area contributed by atoms with Crippen molar-refractivity contribution in [3.63, 3.8) is 0 Å². The second-order valence-electron chi connectivity index (χ2n) is 2.56. The Morgan fingerprint density at radius 2 is 1.86 bits per heavy atom. The van der Waals surface area contributed by atoms with Crippen LogP contribution in [-0.4, -0.2) is 65.2 Å². The van der Waals surface area contributed by atoms with Gasteiger partial charge >= 0.3 is 6.16 Å². The first-order chi connectivity index (χ1) is 6.60. The Morgan fingerprint density at radius 3 is 2.29 bits per heavy atom. The maximum Gasteiger partial charge on any atom is 0.506 e. The summed E-state index contributed by atoms with van der Waals surface area (Å²) in [4.78, 5) is 10.0. The SMILES string of the molecule is O=C(O)OC(CO)COCC(O)CO. The van der Waals surface area contributed by atoms with E-state index in [0.717, 1.165) is 0 Å². The molecule has 0 saturated heterocycles. The summed E-state index contributed by atoms with van der Waals surface area (Å²) in [7, 11) is 0. The van der Waals surface area contributed by atoms with E-state index in [1.807, 2.05) is 0 Å². The van der Waals surface area contributed by atoms with E-state index in [-0.39, 0.29) is 13.2 Å². The number of hydrogen-bond donors (Lipinski definition) is 4. The maximum absolute atomic E-state index is 10.0. The zero-order valence-corrected chi connectivity index (χ0v) is 7.50. The van der Waals surface area contributed by atoms with Crippen molar-refractivity contribution in [2.24, 2.45) is 0 Å². The number of carbonyl (C=O) groups is 1. The smallest absolute Gasteiger partial charge is 0.450 e. The van der Waals surface area contributed by atoms with E-state index >= 15 is 0 Å². The molecule has 0 fully saturated rings. The van der Waals surface area contributed by atoms with Crippen LogP contribution in [0, 0.1) is 0 Å². The zero-order chi connectivity index (χ0) is 11.0. The van der Waals surface area contributed by atoms with Gasteiger partial charge in [-0.1, -0.05) is 0 Å². The van der Waals surface area contributed by atoms with E-state index in [1.165, 1.54) is 0 Å². The fraction of sp³-hybridized carbons (Fsp3) is 0.857. The Labute approximate surface area is 80.5 Å². The molecule has 0 aliphatic heterocycles. The summed E-state index contributed by atoms with van der Waals surface area (Å²) in [5.74, 6) is 0. The molecule has 2 atom stereocenters. The van der Waals surface area contributed by atoms with Crippen LogP contribution in [0.15, 0.2) is 0 Å². The predicted octanol–water partition coefficient (Wildman–Crippen LogP) is -1.59. The third kappa shape index (κ3) is 6.61. The highest BCUT2D eigenvalue weighted by molar-refractivity contribution is 5.57. The van der Waals surface area contributed by atoms with Crippen LogP contribution in [0.2, 0.25) is 0 Å². The van der Waals surface area contributed by atoms with Gasteiger partial charge in [0.05, 0.1) is 26.4 Å². The van der Waals surface area contributed by atoms with Crippen molar-refractivity contribution in [1.29, 1.82) is 0 Å². The second kappa shape index (κ2) is 7.51. The van der Waals surface area contributed by atoms with Gasteiger partial charge in [-0.3, -0.25) is 0 Å². The summed E-state index contributed by atoms with van der Waals surface area (Å²) in [5, 5.41) is 34.0. The Bertz CT molecular complexity index is 160. The number of carboxylic acid groups (broad SMARTS) is 1. The molecule has 4 N–H and O–H groups in total. The van der Waals surface area contributed by atoms with Gasteiger partial charge in [0.1, 0.15) is 6.10 Å². The third-order valence-electron chi connectivity index (χ3n) is 1.30. The number of aliphatic hydroxyl groups is 3. The Hall–Kier alpha value is -0.890. The standard InChI is InChI=1S/C7H14O7/c8-1-5(10)3-13-4-6(2-9)14-7(11)12/h5-6,8-10H,1-4H2,(H,11,12). The molecule has 14 heavy (non-hydrogen) atoms. The monoisotopic (exact) mass is 210 g/mol. The molecule has 0 aromatic rings. The molecule has 0 aliphatic carbocycles. The zero-order valence-electron chi connectivity index (χ0n) is 7.50. The summed E-state index contributed by atoms with van der Waals surface area (Å²) >= 11 is 0. The van der Waals surface area contributed by atoms with Crippen molar-refractivity contribution in [3.05, 3.63) is 0 Å². The molecule has 0 aromatic carbocycles. The normalized spacial score (nSPS) is 14.8. The van der Waals surface area contributed by atoms with Crippen LogP contribution >= 0.6 is 0 Å². The predicted molar refractivity (Wildman–Crippen MR) is 43.9 cm³/mol. The minimum atomic E-state index is -1.50. The van der Waals surface area contributed by atoms with Gasteiger partial charge < -0.3 is 29.9 Å². The number of aliphatic hydroxyl groups excluding tert-OH is 3. The molecule has 0 saturated carbocycles. The quantitative estimate of drug-likeness (QED) is 0.374. The van der Waals surface area contributed by atoms with Crippen LogP contribution in [-0.2, 0) is 9.47 Å². The minimum Gasteiger partial charge on any atom is -0.450 e. The van der Waals surface area contributed by atoms with Crippen LogP contribution in [0.1, 0.15) is 0 Å². The topological polar surface area (TPSA) is 116 Å². The van der Waals surface area contributed by atoms with Crippen molar-refractivity contribution < 1.29 is 34.7 Å². The molecule has 0 aliphatic rings. The first-order valence-electron chi connectivity index (χ1n) is 3.97. The molecule has 0 radical (unpaired) electrons. The van der Waals surface area contributed by atoms with E-state index in [4.69, 9.17) is 25.2 Å². The molecule has 0 amide bonds. The molecule has 7 nitrogen and oxygen atoms in total. The lowest BCUT2D eigenvalue weighted by Crippen LogP contribution is -2.29. The Balaban J connectivity index is 3.57. The molecule has 2 unspecified atom stereocenters. The van der Waals surface area contributed by atoms with Gasteiger partial charge in [-0.05, 0) is 0 Å². The van der Waals surface area contributed by atoms with Gasteiger partial charge in [-0.25, -0.2) is 4.79 Å². The van der Waals surface area contributed by atoms with Crippen molar-refractivity contribution in [2.45, 2.75) is 12.2 Å². The van der Waals surface area contributed by atoms with Crippen LogP contribution in [0.3, 0.4) is 0 Å².